The summed E-state index contributed by atoms with van der Waals surface area (Å²) >= 11 is 5.32. The minimum absolute atomic E-state index is 0.0494. The zero-order valence-corrected chi connectivity index (χ0v) is 8.83. The van der Waals surface area contributed by atoms with Crippen molar-refractivity contribution >= 4 is 24.9 Å². The number of carbonyl (C=O) groups excluding carboxylic acids is 1. The van der Waals surface area contributed by atoms with Gasteiger partial charge in [-0.1, -0.05) is 26.6 Å². The Morgan fingerprint density at radius 1 is 1.50 bits per heavy atom. The summed E-state index contributed by atoms with van der Waals surface area (Å²) in [5, 5.41) is -0.192. The molecule has 0 bridgehead atoms. The van der Waals surface area contributed by atoms with Gasteiger partial charge in [-0.15, -0.1) is 0 Å². The number of carbonyl (C=O) groups is 1. The van der Waals surface area contributed by atoms with Crippen LogP contribution in [0.1, 0.15) is 6.92 Å². The van der Waals surface area contributed by atoms with Gasteiger partial charge in [0, 0.05) is 14.0 Å². The summed E-state index contributed by atoms with van der Waals surface area (Å²) in [6.45, 7) is 8.61. The van der Waals surface area contributed by atoms with Crippen molar-refractivity contribution < 1.29 is 4.79 Å². The van der Waals surface area contributed by atoms with Crippen molar-refractivity contribution in [2.75, 3.05) is 0 Å². The van der Waals surface area contributed by atoms with Gasteiger partial charge in [0.2, 0.25) is 5.24 Å². The minimum Gasteiger partial charge on any atom is -0.281 e. The number of hydrogen-bond acceptors (Lipinski definition) is 1. The number of halogens is 1. The van der Waals surface area contributed by atoms with Gasteiger partial charge in [0.05, 0.1) is 0 Å². The average molecular weight is 179 g/mol. The molecule has 1 nitrogen and oxygen atoms in total. The maximum Gasteiger partial charge on any atom is 0.224 e. The highest BCUT2D eigenvalue weighted by molar-refractivity contribution is 6.77. The smallest absolute Gasteiger partial charge is 0.224 e. The molecule has 1 unspecified atom stereocenters. The van der Waals surface area contributed by atoms with E-state index in [-0.39, 0.29) is 11.2 Å². The fourth-order valence-electron chi connectivity index (χ4n) is 0.999. The van der Waals surface area contributed by atoms with Crippen LogP contribution < -0.4 is 0 Å². The van der Waals surface area contributed by atoms with Crippen molar-refractivity contribution in [2.45, 2.75) is 32.6 Å². The van der Waals surface area contributed by atoms with Crippen molar-refractivity contribution in [3.8, 4) is 0 Å². The third-order valence-corrected chi connectivity index (χ3v) is 3.52. The molecule has 0 radical (unpaired) electrons. The molecule has 0 N–H and O–H groups in total. The molecule has 0 aliphatic carbocycles. The summed E-state index contributed by atoms with van der Waals surface area (Å²) in [6.07, 6.45) is 0. The van der Waals surface area contributed by atoms with E-state index in [4.69, 9.17) is 11.6 Å². The summed E-state index contributed by atoms with van der Waals surface area (Å²) in [5.74, 6) is 0.0494. The molecule has 0 amide bonds. The molecular formula is C7H15ClOSi. The molecule has 60 valence electrons. The predicted molar refractivity (Wildman–Crippen MR) is 48.2 cm³/mol. The monoisotopic (exact) mass is 178 g/mol. The van der Waals surface area contributed by atoms with E-state index < -0.39 is 8.07 Å². The second kappa shape index (κ2) is 3.53. The largest absolute Gasteiger partial charge is 0.281 e. The first kappa shape index (κ1) is 10.2. The first-order valence-electron chi connectivity index (χ1n) is 3.52. The number of hydrogen-bond donors (Lipinski definition) is 0. The fourth-order valence-corrected chi connectivity index (χ4v) is 3.23. The van der Waals surface area contributed by atoms with Crippen LogP contribution in [0, 0.1) is 5.92 Å². The summed E-state index contributed by atoms with van der Waals surface area (Å²) < 4.78 is 0. The Balaban J connectivity index is 3.80. The van der Waals surface area contributed by atoms with Crippen LogP contribution in [0.4, 0.5) is 0 Å². The van der Waals surface area contributed by atoms with Crippen molar-refractivity contribution in [3.63, 3.8) is 0 Å². The molecule has 0 saturated heterocycles. The van der Waals surface area contributed by atoms with Crippen LogP contribution in [0.2, 0.25) is 25.7 Å². The van der Waals surface area contributed by atoms with Crippen molar-refractivity contribution in [1.82, 2.24) is 0 Å². The maximum absolute atomic E-state index is 10.6. The predicted octanol–water partition coefficient (Wildman–Crippen LogP) is 2.73. The van der Waals surface area contributed by atoms with Gasteiger partial charge in [-0.05, 0) is 17.6 Å². The zero-order valence-electron chi connectivity index (χ0n) is 7.07. The van der Waals surface area contributed by atoms with E-state index >= 15 is 0 Å². The highest BCUT2D eigenvalue weighted by Gasteiger charge is 2.20. The summed E-state index contributed by atoms with van der Waals surface area (Å²) in [6, 6.07) is 0.995. The van der Waals surface area contributed by atoms with Crippen LogP contribution in [0.25, 0.3) is 0 Å². The van der Waals surface area contributed by atoms with E-state index in [1.165, 1.54) is 0 Å². The quantitative estimate of drug-likeness (QED) is 0.480. The van der Waals surface area contributed by atoms with E-state index in [1.807, 2.05) is 6.92 Å². The van der Waals surface area contributed by atoms with Gasteiger partial charge in [0.15, 0.2) is 0 Å². The lowest BCUT2D eigenvalue weighted by Gasteiger charge is -2.18. The van der Waals surface area contributed by atoms with Crippen molar-refractivity contribution in [1.29, 1.82) is 0 Å². The molecule has 0 heterocycles. The lowest BCUT2D eigenvalue weighted by Crippen LogP contribution is -2.24. The second-order valence-corrected chi connectivity index (χ2v) is 9.87. The lowest BCUT2D eigenvalue weighted by molar-refractivity contribution is -0.114. The molecule has 0 fully saturated rings. The third kappa shape index (κ3) is 5.00. The van der Waals surface area contributed by atoms with E-state index in [1.54, 1.807) is 0 Å². The molecular weight excluding hydrogens is 164 g/mol. The average Bonchev–Trinajstić information content (AvgIpc) is 1.60. The highest BCUT2D eigenvalue weighted by atomic mass is 35.5. The Bertz CT molecular complexity index is 128. The van der Waals surface area contributed by atoms with Crippen LogP contribution in [0.3, 0.4) is 0 Å². The molecule has 0 aromatic rings. The van der Waals surface area contributed by atoms with Gasteiger partial charge in [0.25, 0.3) is 0 Å². The molecule has 0 aliphatic rings. The highest BCUT2D eigenvalue weighted by Crippen LogP contribution is 2.17. The first-order valence-corrected chi connectivity index (χ1v) is 7.61. The standard InChI is InChI=1S/C7H15ClOSi/c1-6(7(8)9)5-10(2,3)4/h6H,5H2,1-4H3. The van der Waals surface area contributed by atoms with Crippen LogP contribution in [-0.2, 0) is 4.79 Å². The van der Waals surface area contributed by atoms with Gasteiger partial charge in [-0.25, -0.2) is 0 Å². The molecule has 0 aromatic heterocycles. The normalized spacial score (nSPS) is 14.9. The Morgan fingerprint density at radius 3 is 2.00 bits per heavy atom. The maximum atomic E-state index is 10.6. The molecule has 0 aliphatic heterocycles. The van der Waals surface area contributed by atoms with E-state index in [9.17, 15) is 4.79 Å². The molecule has 3 heteroatoms. The Kier molecular flexibility index (Phi) is 3.60. The molecule has 0 saturated carbocycles. The minimum atomic E-state index is -1.09. The van der Waals surface area contributed by atoms with Crippen LogP contribution in [0.5, 0.6) is 0 Å². The van der Waals surface area contributed by atoms with Crippen LogP contribution in [0.15, 0.2) is 0 Å². The number of rotatable bonds is 3. The summed E-state index contributed by atoms with van der Waals surface area (Å²) in [7, 11) is -1.09. The first-order chi connectivity index (χ1) is 4.33. The van der Waals surface area contributed by atoms with Crippen LogP contribution in [-0.4, -0.2) is 13.3 Å². The van der Waals surface area contributed by atoms with Gasteiger partial charge >= 0.3 is 0 Å². The third-order valence-electron chi connectivity index (χ3n) is 1.31. The molecule has 0 rings (SSSR count). The lowest BCUT2D eigenvalue weighted by atomic mass is 10.2. The zero-order chi connectivity index (χ0) is 8.36. The van der Waals surface area contributed by atoms with E-state index in [0.29, 0.717) is 0 Å². The SMILES string of the molecule is CC(C[Si](C)(C)C)C(=O)Cl. The molecule has 1 atom stereocenters. The van der Waals surface area contributed by atoms with Gasteiger partial charge in [0.1, 0.15) is 0 Å². The summed E-state index contributed by atoms with van der Waals surface area (Å²) in [5.41, 5.74) is 0. The van der Waals surface area contributed by atoms with Crippen molar-refractivity contribution in [3.05, 3.63) is 0 Å². The van der Waals surface area contributed by atoms with Gasteiger partial charge in [-0.3, -0.25) is 4.79 Å². The Labute approximate surface area is 68.8 Å². The van der Waals surface area contributed by atoms with Gasteiger partial charge in [-0.2, -0.15) is 0 Å². The van der Waals surface area contributed by atoms with Gasteiger partial charge < -0.3 is 0 Å². The Hall–Kier alpha value is 0.177. The topological polar surface area (TPSA) is 17.1 Å². The van der Waals surface area contributed by atoms with E-state index in [0.717, 1.165) is 6.04 Å². The van der Waals surface area contributed by atoms with Crippen LogP contribution >= 0.6 is 11.6 Å². The molecule has 0 spiro atoms. The van der Waals surface area contributed by atoms with E-state index in [2.05, 4.69) is 19.6 Å². The Morgan fingerprint density at radius 2 is 1.90 bits per heavy atom. The molecule has 10 heavy (non-hydrogen) atoms. The second-order valence-electron chi connectivity index (χ2n) is 3.97. The summed E-state index contributed by atoms with van der Waals surface area (Å²) in [4.78, 5) is 10.6. The van der Waals surface area contributed by atoms with Crippen molar-refractivity contribution in [2.24, 2.45) is 5.92 Å². The fraction of sp³-hybridized carbons (Fsp3) is 0.857. The molecule has 0 aromatic carbocycles.